The van der Waals surface area contributed by atoms with Gasteiger partial charge in [0.1, 0.15) is 5.75 Å². The number of hydrogen-bond donors (Lipinski definition) is 1. The zero-order chi connectivity index (χ0) is 21.4. The summed E-state index contributed by atoms with van der Waals surface area (Å²) in [5, 5.41) is 3.02. The van der Waals surface area contributed by atoms with Crippen LogP contribution in [0.2, 0.25) is 5.02 Å². The maximum atomic E-state index is 12.3. The first kappa shape index (κ1) is 21.7. The Balaban J connectivity index is 1.79. The summed E-state index contributed by atoms with van der Waals surface area (Å²) in [4.78, 5) is 16.5. The van der Waals surface area contributed by atoms with Crippen molar-refractivity contribution in [3.05, 3.63) is 47.5 Å². The lowest BCUT2D eigenvalue weighted by molar-refractivity contribution is -0.113. The van der Waals surface area contributed by atoms with E-state index in [0.717, 1.165) is 15.6 Å². The van der Waals surface area contributed by atoms with Gasteiger partial charge >= 0.3 is 0 Å². The summed E-state index contributed by atoms with van der Waals surface area (Å²) in [5.74, 6) is -1.51. The molecular weight excluding hydrogens is 458 g/mol. The van der Waals surface area contributed by atoms with Crippen molar-refractivity contribution in [3.63, 3.8) is 0 Å². The molecule has 0 aliphatic heterocycles. The minimum atomic E-state index is -3.84. The fraction of sp³-hybridized carbons (Fsp3) is 0.176. The van der Waals surface area contributed by atoms with Crippen molar-refractivity contribution in [2.75, 3.05) is 25.2 Å². The largest absolute Gasteiger partial charge is 0.301 e. The fourth-order valence-electron chi connectivity index (χ4n) is 2.38. The van der Waals surface area contributed by atoms with Crippen LogP contribution < -0.4 is 5.32 Å². The third-order valence-corrected chi connectivity index (χ3v) is 8.51. The van der Waals surface area contributed by atoms with E-state index in [9.17, 15) is 21.6 Å². The van der Waals surface area contributed by atoms with Crippen molar-refractivity contribution in [3.8, 4) is 0 Å². The average Bonchev–Trinajstić information content (AvgIpc) is 3.02. The Morgan fingerprint density at radius 3 is 2.31 bits per heavy atom. The normalized spacial score (nSPS) is 12.4. The van der Waals surface area contributed by atoms with Gasteiger partial charge < -0.3 is 5.32 Å². The molecule has 3 rings (SSSR count). The molecule has 1 amide bonds. The number of sulfonamides is 1. The van der Waals surface area contributed by atoms with E-state index in [0.29, 0.717) is 15.2 Å². The average molecular weight is 474 g/mol. The van der Waals surface area contributed by atoms with Gasteiger partial charge in [-0.25, -0.2) is 26.1 Å². The molecule has 0 saturated heterocycles. The first-order chi connectivity index (χ1) is 13.5. The fourth-order valence-corrected chi connectivity index (χ4v) is 5.57. The highest BCUT2D eigenvalue weighted by molar-refractivity contribution is 7.92. The highest BCUT2D eigenvalue weighted by Gasteiger charge is 2.21. The minimum Gasteiger partial charge on any atom is -0.301 e. The van der Waals surface area contributed by atoms with Crippen molar-refractivity contribution in [2.24, 2.45) is 0 Å². The number of rotatable bonds is 6. The number of nitrogens with zero attached hydrogens (tertiary/aromatic N) is 2. The van der Waals surface area contributed by atoms with Gasteiger partial charge in [-0.15, -0.1) is 0 Å². The molecule has 0 spiro atoms. The zero-order valence-corrected chi connectivity index (χ0v) is 18.5. The Labute approximate surface area is 177 Å². The second kappa shape index (κ2) is 8.00. The van der Waals surface area contributed by atoms with Gasteiger partial charge in [0, 0.05) is 19.1 Å². The van der Waals surface area contributed by atoms with Gasteiger partial charge in [-0.1, -0.05) is 22.9 Å². The number of carbonyl (C=O) groups excluding carboxylic acids is 1. The van der Waals surface area contributed by atoms with Crippen LogP contribution in [0, 0.1) is 0 Å². The molecule has 0 fully saturated rings. The van der Waals surface area contributed by atoms with Crippen molar-refractivity contribution in [2.45, 2.75) is 9.79 Å². The van der Waals surface area contributed by atoms with E-state index in [-0.39, 0.29) is 14.9 Å². The van der Waals surface area contributed by atoms with Gasteiger partial charge in [-0.3, -0.25) is 4.79 Å². The maximum absolute atomic E-state index is 12.3. The van der Waals surface area contributed by atoms with E-state index in [1.54, 1.807) is 0 Å². The molecule has 8 nitrogen and oxygen atoms in total. The molecule has 1 N–H and O–H groups in total. The molecule has 29 heavy (non-hydrogen) atoms. The lowest BCUT2D eigenvalue weighted by atomic mass is 10.3. The van der Waals surface area contributed by atoms with Crippen LogP contribution in [-0.2, 0) is 24.7 Å². The lowest BCUT2D eigenvalue weighted by Crippen LogP contribution is -2.22. The number of aromatic nitrogens is 1. The molecule has 0 bridgehead atoms. The van der Waals surface area contributed by atoms with Crippen molar-refractivity contribution in [1.82, 2.24) is 9.29 Å². The van der Waals surface area contributed by atoms with Crippen LogP contribution in [-0.4, -0.2) is 51.9 Å². The lowest BCUT2D eigenvalue weighted by Gasteiger charge is -2.10. The number of halogens is 1. The summed E-state index contributed by atoms with van der Waals surface area (Å²) in [6, 6.07) is 9.93. The Morgan fingerprint density at radius 2 is 1.69 bits per heavy atom. The molecule has 12 heteroatoms. The summed E-state index contributed by atoms with van der Waals surface area (Å²) < 4.78 is 50.8. The Morgan fingerprint density at radius 1 is 1.07 bits per heavy atom. The number of nitrogens with one attached hydrogen (secondary N) is 1. The van der Waals surface area contributed by atoms with Crippen LogP contribution in [0.5, 0.6) is 0 Å². The molecule has 0 atom stereocenters. The highest BCUT2D eigenvalue weighted by Crippen LogP contribution is 2.29. The molecule has 1 heterocycles. The molecular formula is C17H16ClN3O5S3. The smallest absolute Gasteiger partial charge is 0.242 e. The second-order valence-electron chi connectivity index (χ2n) is 6.20. The molecule has 0 unspecified atom stereocenters. The Bertz CT molecular complexity index is 1280. The van der Waals surface area contributed by atoms with Gasteiger partial charge in [-0.2, -0.15) is 0 Å². The van der Waals surface area contributed by atoms with E-state index in [1.807, 2.05) is 0 Å². The number of fused-ring (bicyclic) bond motifs is 1. The SMILES string of the molecule is CN(C)S(=O)(=O)c1ccc2nc(NC(=O)CS(=O)(=O)c3ccc(Cl)cc3)sc2c1. The van der Waals surface area contributed by atoms with Crippen molar-refractivity contribution in [1.29, 1.82) is 0 Å². The van der Waals surface area contributed by atoms with Gasteiger partial charge in [0.25, 0.3) is 0 Å². The van der Waals surface area contributed by atoms with Gasteiger partial charge in [-0.05, 0) is 42.5 Å². The summed E-state index contributed by atoms with van der Waals surface area (Å²) >= 11 is 6.80. The molecule has 1 aromatic heterocycles. The summed E-state index contributed by atoms with van der Waals surface area (Å²) in [5.41, 5.74) is 0.489. The molecule has 3 aromatic rings. The number of hydrogen-bond acceptors (Lipinski definition) is 7. The third-order valence-electron chi connectivity index (χ3n) is 3.88. The second-order valence-corrected chi connectivity index (χ2v) is 11.8. The van der Waals surface area contributed by atoms with Crippen LogP contribution in [0.25, 0.3) is 10.2 Å². The Kier molecular flexibility index (Phi) is 5.97. The number of sulfone groups is 1. The number of thiazole rings is 1. The van der Waals surface area contributed by atoms with Gasteiger partial charge in [0.15, 0.2) is 15.0 Å². The summed E-state index contributed by atoms with van der Waals surface area (Å²) in [6.45, 7) is 0. The molecule has 0 saturated carbocycles. The standard InChI is InChI=1S/C17H16ClN3O5S3/c1-21(2)29(25,26)13-7-8-14-15(9-13)27-17(19-14)20-16(22)10-28(23,24)12-5-3-11(18)4-6-12/h3-9H,10H2,1-2H3,(H,19,20,22). The maximum Gasteiger partial charge on any atom is 0.242 e. The van der Waals surface area contributed by atoms with E-state index < -0.39 is 31.5 Å². The van der Waals surface area contributed by atoms with Crippen LogP contribution in [0.4, 0.5) is 5.13 Å². The van der Waals surface area contributed by atoms with E-state index in [4.69, 9.17) is 11.6 Å². The van der Waals surface area contributed by atoms with Crippen LogP contribution >= 0.6 is 22.9 Å². The number of amides is 1. The number of carbonyl (C=O) groups is 1. The van der Waals surface area contributed by atoms with E-state index in [1.165, 1.54) is 56.6 Å². The topological polar surface area (TPSA) is 114 Å². The highest BCUT2D eigenvalue weighted by atomic mass is 35.5. The predicted molar refractivity (Wildman–Crippen MR) is 113 cm³/mol. The van der Waals surface area contributed by atoms with Crippen LogP contribution in [0.3, 0.4) is 0 Å². The van der Waals surface area contributed by atoms with Crippen LogP contribution in [0.15, 0.2) is 52.3 Å². The zero-order valence-electron chi connectivity index (χ0n) is 15.3. The predicted octanol–water partition coefficient (Wildman–Crippen LogP) is 2.61. The first-order valence-electron chi connectivity index (χ1n) is 8.10. The summed E-state index contributed by atoms with van der Waals surface area (Å²) in [6.07, 6.45) is 0. The number of anilines is 1. The van der Waals surface area contributed by atoms with Crippen LogP contribution in [0.1, 0.15) is 0 Å². The van der Waals surface area contributed by atoms with E-state index >= 15 is 0 Å². The monoisotopic (exact) mass is 473 g/mol. The minimum absolute atomic E-state index is 0.0140. The van der Waals surface area contributed by atoms with Crippen molar-refractivity contribution < 1.29 is 21.6 Å². The molecule has 154 valence electrons. The molecule has 0 aliphatic rings. The van der Waals surface area contributed by atoms with Gasteiger partial charge in [0.2, 0.25) is 15.9 Å². The molecule has 0 radical (unpaired) electrons. The van der Waals surface area contributed by atoms with Crippen molar-refractivity contribution >= 4 is 64.1 Å². The first-order valence-corrected chi connectivity index (χ1v) is 12.4. The molecule has 2 aromatic carbocycles. The Hall–Kier alpha value is -2.05. The number of benzene rings is 2. The van der Waals surface area contributed by atoms with Gasteiger partial charge in [0.05, 0.1) is 20.0 Å². The third kappa shape index (κ3) is 4.75. The molecule has 0 aliphatic carbocycles. The van der Waals surface area contributed by atoms with E-state index in [2.05, 4.69) is 10.3 Å². The quantitative estimate of drug-likeness (QED) is 0.588. The summed E-state index contributed by atoms with van der Waals surface area (Å²) in [7, 11) is -4.59.